The molecule has 3 nitrogen and oxygen atoms in total. The van der Waals surface area contributed by atoms with E-state index in [1.807, 2.05) is 44.4 Å². The Kier molecular flexibility index (Phi) is 5.48. The van der Waals surface area contributed by atoms with Gasteiger partial charge in [-0.15, -0.1) is 0 Å². The van der Waals surface area contributed by atoms with Gasteiger partial charge >= 0.3 is 0 Å². The molecule has 0 spiro atoms. The molecule has 0 fully saturated rings. The normalized spacial score (nSPS) is 10.9. The van der Waals surface area contributed by atoms with E-state index in [1.165, 1.54) is 0 Å². The minimum absolute atomic E-state index is 0.337. The highest BCUT2D eigenvalue weighted by atomic mass is 35.5. The lowest BCUT2D eigenvalue weighted by Crippen LogP contribution is -2.02. The summed E-state index contributed by atoms with van der Waals surface area (Å²) in [5.41, 5.74) is 1.80. The first-order chi connectivity index (χ1) is 10.1. The van der Waals surface area contributed by atoms with Crippen molar-refractivity contribution in [1.29, 1.82) is 0 Å². The van der Waals surface area contributed by atoms with Crippen molar-refractivity contribution >= 4 is 29.4 Å². The van der Waals surface area contributed by atoms with E-state index >= 15 is 0 Å². The average molecular weight is 323 g/mol. The lowest BCUT2D eigenvalue weighted by Gasteiger charge is -2.09. The summed E-state index contributed by atoms with van der Waals surface area (Å²) in [6.07, 6.45) is 1.79. The van der Waals surface area contributed by atoms with Crippen molar-refractivity contribution in [2.24, 2.45) is 5.10 Å². The predicted molar refractivity (Wildman–Crippen MR) is 88.5 cm³/mol. The molecule has 0 amide bonds. The van der Waals surface area contributed by atoms with E-state index < -0.39 is 0 Å². The van der Waals surface area contributed by atoms with E-state index in [4.69, 9.17) is 27.9 Å². The second kappa shape index (κ2) is 7.34. The van der Waals surface area contributed by atoms with Gasteiger partial charge in [0.2, 0.25) is 0 Å². The molecule has 5 heteroatoms. The van der Waals surface area contributed by atoms with Gasteiger partial charge in [0.05, 0.1) is 6.21 Å². The molecule has 0 atom stereocenters. The van der Waals surface area contributed by atoms with Gasteiger partial charge in [0.25, 0.3) is 0 Å². The Morgan fingerprint density at radius 2 is 1.67 bits per heavy atom. The van der Waals surface area contributed by atoms with Gasteiger partial charge in [-0.3, -0.25) is 0 Å². The largest absolute Gasteiger partial charge is 0.489 e. The van der Waals surface area contributed by atoms with E-state index in [0.29, 0.717) is 16.7 Å². The van der Waals surface area contributed by atoms with E-state index in [9.17, 15) is 0 Å². The summed E-state index contributed by atoms with van der Waals surface area (Å²) in [6, 6.07) is 13.1. The maximum absolute atomic E-state index is 6.11. The topological polar surface area (TPSA) is 24.8 Å². The highest BCUT2D eigenvalue weighted by molar-refractivity contribution is 6.35. The van der Waals surface area contributed by atoms with Crippen LogP contribution in [0, 0.1) is 0 Å². The Balaban J connectivity index is 2.01. The number of hydrogen-bond acceptors (Lipinski definition) is 3. The fourth-order valence-electron chi connectivity index (χ4n) is 1.66. The number of hydrazone groups is 1. The van der Waals surface area contributed by atoms with Crippen molar-refractivity contribution < 1.29 is 4.74 Å². The van der Waals surface area contributed by atoms with Crippen LogP contribution in [0.3, 0.4) is 0 Å². The fourth-order valence-corrected chi connectivity index (χ4v) is 2.16. The highest BCUT2D eigenvalue weighted by Crippen LogP contribution is 2.25. The zero-order valence-electron chi connectivity index (χ0n) is 11.9. The van der Waals surface area contributed by atoms with Crippen LogP contribution in [0.1, 0.15) is 11.1 Å². The molecule has 0 aliphatic rings. The summed E-state index contributed by atoms with van der Waals surface area (Å²) < 4.78 is 5.71. The number of ether oxygens (including phenoxy) is 1. The molecule has 0 unspecified atom stereocenters. The summed E-state index contributed by atoms with van der Waals surface area (Å²) in [5, 5.41) is 7.13. The predicted octanol–water partition coefficient (Wildman–Crippen LogP) is 4.47. The van der Waals surface area contributed by atoms with Crippen molar-refractivity contribution in [3.05, 3.63) is 63.6 Å². The van der Waals surface area contributed by atoms with Crippen molar-refractivity contribution in [3.63, 3.8) is 0 Å². The highest BCUT2D eigenvalue weighted by Gasteiger charge is 2.06. The SMILES string of the molecule is CN(C)/N=C/c1ccc(OCc2c(Cl)cccc2Cl)cc1. The van der Waals surface area contributed by atoms with Crippen LogP contribution in [0.4, 0.5) is 0 Å². The first-order valence-corrected chi connectivity index (χ1v) is 7.19. The average Bonchev–Trinajstić information content (AvgIpc) is 2.46. The Morgan fingerprint density at radius 3 is 2.24 bits per heavy atom. The molecule has 0 N–H and O–H groups in total. The molecule has 0 saturated carbocycles. The van der Waals surface area contributed by atoms with Crippen molar-refractivity contribution in [3.8, 4) is 5.75 Å². The lowest BCUT2D eigenvalue weighted by atomic mass is 10.2. The third kappa shape index (κ3) is 4.66. The maximum atomic E-state index is 6.11. The van der Waals surface area contributed by atoms with Crippen LogP contribution in [0.25, 0.3) is 0 Å². The Bertz CT molecular complexity index is 604. The Labute approximate surface area is 134 Å². The van der Waals surface area contributed by atoms with Crippen LogP contribution >= 0.6 is 23.2 Å². The molecular weight excluding hydrogens is 307 g/mol. The number of nitrogens with zero attached hydrogens (tertiary/aromatic N) is 2. The van der Waals surface area contributed by atoms with Crippen molar-refractivity contribution in [2.45, 2.75) is 6.61 Å². The first-order valence-electron chi connectivity index (χ1n) is 6.43. The van der Waals surface area contributed by atoms with E-state index in [0.717, 1.165) is 16.9 Å². The quantitative estimate of drug-likeness (QED) is 0.599. The molecule has 0 aliphatic carbocycles. The van der Waals surface area contributed by atoms with Gasteiger partial charge in [-0.2, -0.15) is 5.10 Å². The van der Waals surface area contributed by atoms with Gasteiger partial charge in [-0.25, -0.2) is 0 Å². The molecule has 0 radical (unpaired) electrons. The van der Waals surface area contributed by atoms with Crippen LogP contribution in [-0.4, -0.2) is 25.3 Å². The van der Waals surface area contributed by atoms with Crippen LogP contribution < -0.4 is 4.74 Å². The van der Waals surface area contributed by atoms with Crippen LogP contribution in [0.5, 0.6) is 5.75 Å². The third-order valence-corrected chi connectivity index (χ3v) is 3.47. The first kappa shape index (κ1) is 15.7. The van der Waals surface area contributed by atoms with Gasteiger partial charge < -0.3 is 9.75 Å². The van der Waals surface area contributed by atoms with Crippen LogP contribution in [0.15, 0.2) is 47.6 Å². The van der Waals surface area contributed by atoms with E-state index in [2.05, 4.69) is 5.10 Å². The number of benzene rings is 2. The summed E-state index contributed by atoms with van der Waals surface area (Å²) in [4.78, 5) is 0. The molecule has 0 heterocycles. The summed E-state index contributed by atoms with van der Waals surface area (Å²) >= 11 is 12.2. The molecule has 0 bridgehead atoms. The summed E-state index contributed by atoms with van der Waals surface area (Å²) in [5.74, 6) is 0.757. The summed E-state index contributed by atoms with van der Waals surface area (Å²) in [6.45, 7) is 0.337. The Hall–Kier alpha value is -1.71. The Morgan fingerprint density at radius 1 is 1.05 bits per heavy atom. The molecular formula is C16H16Cl2N2O. The van der Waals surface area contributed by atoms with Crippen molar-refractivity contribution in [2.75, 3.05) is 14.1 Å². The van der Waals surface area contributed by atoms with Crippen LogP contribution in [0.2, 0.25) is 10.0 Å². The van der Waals surface area contributed by atoms with Crippen molar-refractivity contribution in [1.82, 2.24) is 5.01 Å². The molecule has 0 saturated heterocycles. The number of rotatable bonds is 5. The second-order valence-electron chi connectivity index (χ2n) is 4.65. The smallest absolute Gasteiger partial charge is 0.119 e. The van der Waals surface area contributed by atoms with Gasteiger partial charge in [0.15, 0.2) is 0 Å². The maximum Gasteiger partial charge on any atom is 0.119 e. The monoisotopic (exact) mass is 322 g/mol. The fraction of sp³-hybridized carbons (Fsp3) is 0.188. The number of hydrogen-bond donors (Lipinski definition) is 0. The minimum Gasteiger partial charge on any atom is -0.489 e. The molecule has 2 aromatic carbocycles. The minimum atomic E-state index is 0.337. The zero-order valence-corrected chi connectivity index (χ0v) is 13.4. The van der Waals surface area contributed by atoms with Gasteiger partial charge in [0, 0.05) is 29.7 Å². The summed E-state index contributed by atoms with van der Waals surface area (Å²) in [7, 11) is 3.75. The molecule has 110 valence electrons. The van der Waals surface area contributed by atoms with Gasteiger partial charge in [0.1, 0.15) is 12.4 Å². The third-order valence-electron chi connectivity index (χ3n) is 2.76. The van der Waals surface area contributed by atoms with E-state index in [1.54, 1.807) is 23.4 Å². The zero-order chi connectivity index (χ0) is 15.2. The lowest BCUT2D eigenvalue weighted by molar-refractivity contribution is 0.306. The number of halogens is 2. The molecule has 21 heavy (non-hydrogen) atoms. The molecule has 0 aliphatic heterocycles. The molecule has 2 rings (SSSR count). The molecule has 2 aromatic rings. The van der Waals surface area contributed by atoms with E-state index in [-0.39, 0.29) is 0 Å². The van der Waals surface area contributed by atoms with Gasteiger partial charge in [-0.1, -0.05) is 29.3 Å². The van der Waals surface area contributed by atoms with Gasteiger partial charge in [-0.05, 0) is 42.0 Å². The van der Waals surface area contributed by atoms with Crippen LogP contribution in [-0.2, 0) is 6.61 Å². The molecule has 0 aromatic heterocycles. The second-order valence-corrected chi connectivity index (χ2v) is 5.46. The standard InChI is InChI=1S/C16H16Cl2N2O/c1-20(2)19-10-12-6-8-13(9-7-12)21-11-14-15(17)4-3-5-16(14)18/h3-10H,11H2,1-2H3/b19-10+.